The highest BCUT2D eigenvalue weighted by atomic mass is 35.5. The number of nitrogens with zero attached hydrogens (tertiary/aromatic N) is 6. The van der Waals surface area contributed by atoms with E-state index in [9.17, 15) is 8.42 Å². The van der Waals surface area contributed by atoms with E-state index in [1.807, 2.05) is 4.57 Å². The van der Waals surface area contributed by atoms with Gasteiger partial charge in [-0.15, -0.1) is 10.2 Å². The number of halogens is 1. The molecule has 1 fully saturated rings. The van der Waals surface area contributed by atoms with Crippen LogP contribution in [0.1, 0.15) is 37.5 Å². The smallest absolute Gasteiger partial charge is 0.213 e. The molecule has 13 heteroatoms. The standard InChI is InChI=1S/C22H27ClN6O5S/c1-14(19(34-4)20-24-10-15(23)11-25-20)35(30,31)12-17-27-28-21(16-6-5-7-18(26-16)33-3)29(17)22(8-9-22)13-32-2/h5-7,10-11,14,19H,8-9,12-13H2,1-4H3/t14-,19-/m0/s1. The highest BCUT2D eigenvalue weighted by molar-refractivity contribution is 7.91. The molecule has 2 atom stereocenters. The first kappa shape index (κ1) is 25.4. The first-order valence-corrected chi connectivity index (χ1v) is 13.0. The Hall–Kier alpha value is -2.67. The van der Waals surface area contributed by atoms with Gasteiger partial charge in [0.25, 0.3) is 0 Å². The second kappa shape index (κ2) is 10.1. The Morgan fingerprint density at radius 1 is 1.14 bits per heavy atom. The average Bonchev–Trinajstić information content (AvgIpc) is 3.50. The highest BCUT2D eigenvalue weighted by Gasteiger charge is 2.49. The molecule has 3 aromatic rings. The van der Waals surface area contributed by atoms with Crippen LogP contribution in [-0.4, -0.2) is 71.3 Å². The van der Waals surface area contributed by atoms with Crippen molar-refractivity contribution < 1.29 is 22.6 Å². The predicted molar refractivity (Wildman–Crippen MR) is 128 cm³/mol. The van der Waals surface area contributed by atoms with Crippen molar-refractivity contribution >= 4 is 21.4 Å². The van der Waals surface area contributed by atoms with Crippen LogP contribution in [-0.2, 0) is 30.6 Å². The van der Waals surface area contributed by atoms with Crippen LogP contribution in [0.4, 0.5) is 0 Å². The fourth-order valence-corrected chi connectivity index (χ4v) is 5.57. The topological polar surface area (TPSA) is 131 Å². The van der Waals surface area contributed by atoms with Crippen molar-refractivity contribution in [3.8, 4) is 17.4 Å². The van der Waals surface area contributed by atoms with Crippen LogP contribution in [0, 0.1) is 0 Å². The lowest BCUT2D eigenvalue weighted by molar-refractivity contribution is 0.0948. The second-order valence-electron chi connectivity index (χ2n) is 8.43. The van der Waals surface area contributed by atoms with Crippen molar-refractivity contribution in [3.63, 3.8) is 0 Å². The van der Waals surface area contributed by atoms with Gasteiger partial charge in [0.15, 0.2) is 21.5 Å². The van der Waals surface area contributed by atoms with E-state index in [2.05, 4.69) is 25.1 Å². The second-order valence-corrected chi connectivity index (χ2v) is 11.2. The highest BCUT2D eigenvalue weighted by Crippen LogP contribution is 2.47. The number of pyridine rings is 1. The maximum atomic E-state index is 13.5. The van der Waals surface area contributed by atoms with Crippen LogP contribution in [0.3, 0.4) is 0 Å². The summed E-state index contributed by atoms with van der Waals surface area (Å²) in [5.74, 6) is 1.05. The van der Waals surface area contributed by atoms with Crippen molar-refractivity contribution in [2.45, 2.75) is 42.4 Å². The largest absolute Gasteiger partial charge is 0.481 e. The zero-order valence-corrected chi connectivity index (χ0v) is 21.5. The molecule has 3 aromatic heterocycles. The van der Waals surface area contributed by atoms with Gasteiger partial charge in [-0.2, -0.15) is 0 Å². The molecule has 188 valence electrons. The predicted octanol–water partition coefficient (Wildman–Crippen LogP) is 2.62. The van der Waals surface area contributed by atoms with Crippen molar-refractivity contribution in [2.75, 3.05) is 27.9 Å². The molecule has 11 nitrogen and oxygen atoms in total. The molecule has 1 aliphatic rings. The fraction of sp³-hybridized carbons (Fsp3) is 0.500. The third kappa shape index (κ3) is 5.15. The molecule has 0 bridgehead atoms. The SMILES string of the molecule is COCC1(n2c(CS(=O)(=O)[C@@H](C)[C@H](OC)c3ncc(Cl)cn3)nnc2-c2cccc(OC)n2)CC1. The molecule has 0 radical (unpaired) electrons. The van der Waals surface area contributed by atoms with E-state index in [0.717, 1.165) is 12.8 Å². The van der Waals surface area contributed by atoms with E-state index >= 15 is 0 Å². The lowest BCUT2D eigenvalue weighted by Crippen LogP contribution is -2.32. The number of sulfone groups is 1. The van der Waals surface area contributed by atoms with Crippen LogP contribution in [0.25, 0.3) is 11.5 Å². The summed E-state index contributed by atoms with van der Waals surface area (Å²) < 4.78 is 45.1. The number of hydrogen-bond acceptors (Lipinski definition) is 10. The summed E-state index contributed by atoms with van der Waals surface area (Å²) in [5, 5.41) is 8.00. The minimum absolute atomic E-state index is 0.230. The first-order chi connectivity index (χ1) is 16.7. The van der Waals surface area contributed by atoms with Gasteiger partial charge in [0.1, 0.15) is 23.4 Å². The summed E-state index contributed by atoms with van der Waals surface area (Å²) in [6.07, 6.45) is 3.53. The molecule has 35 heavy (non-hydrogen) atoms. The Kier molecular flexibility index (Phi) is 7.36. The van der Waals surface area contributed by atoms with Crippen molar-refractivity contribution in [1.82, 2.24) is 29.7 Å². The van der Waals surface area contributed by atoms with Crippen LogP contribution in [0.2, 0.25) is 5.02 Å². The van der Waals surface area contributed by atoms with Gasteiger partial charge in [-0.25, -0.2) is 23.4 Å². The molecule has 0 saturated heterocycles. The zero-order chi connectivity index (χ0) is 25.2. The van der Waals surface area contributed by atoms with Crippen molar-refractivity contribution in [1.29, 1.82) is 0 Å². The Bertz CT molecular complexity index is 1280. The molecule has 1 aliphatic carbocycles. The molecule has 0 aliphatic heterocycles. The molecular weight excluding hydrogens is 496 g/mol. The molecular formula is C22H27ClN6O5S. The van der Waals surface area contributed by atoms with Gasteiger partial charge < -0.3 is 18.8 Å². The Morgan fingerprint density at radius 2 is 1.86 bits per heavy atom. The van der Waals surface area contributed by atoms with Crippen LogP contribution in [0.15, 0.2) is 30.6 Å². The zero-order valence-electron chi connectivity index (χ0n) is 19.9. The molecule has 0 aromatic carbocycles. The van der Waals surface area contributed by atoms with E-state index in [0.29, 0.717) is 34.9 Å². The number of rotatable bonds is 11. The van der Waals surface area contributed by atoms with Crippen LogP contribution < -0.4 is 4.74 Å². The molecule has 0 amide bonds. The maximum Gasteiger partial charge on any atom is 0.213 e. The quantitative estimate of drug-likeness (QED) is 0.370. The minimum Gasteiger partial charge on any atom is -0.481 e. The van der Waals surface area contributed by atoms with E-state index in [-0.39, 0.29) is 11.6 Å². The number of ether oxygens (including phenoxy) is 3. The number of methoxy groups -OCH3 is 3. The monoisotopic (exact) mass is 522 g/mol. The van der Waals surface area contributed by atoms with Crippen LogP contribution in [0.5, 0.6) is 5.88 Å². The van der Waals surface area contributed by atoms with Gasteiger partial charge in [0.05, 0.1) is 29.5 Å². The van der Waals surface area contributed by atoms with Gasteiger partial charge in [-0.3, -0.25) is 0 Å². The summed E-state index contributed by atoms with van der Waals surface area (Å²) >= 11 is 5.87. The van der Waals surface area contributed by atoms with Gasteiger partial charge >= 0.3 is 0 Å². The van der Waals surface area contributed by atoms with Crippen LogP contribution >= 0.6 is 11.6 Å². The van der Waals surface area contributed by atoms with E-state index in [1.54, 1.807) is 32.2 Å². The van der Waals surface area contributed by atoms with E-state index < -0.39 is 26.7 Å². The molecule has 0 unspecified atom stereocenters. The number of aromatic nitrogens is 6. The van der Waals surface area contributed by atoms with Gasteiger partial charge in [-0.05, 0) is 25.8 Å². The summed E-state index contributed by atoms with van der Waals surface area (Å²) in [7, 11) is 0.777. The molecule has 3 heterocycles. The first-order valence-electron chi connectivity index (χ1n) is 10.9. The Labute approximate surface area is 208 Å². The van der Waals surface area contributed by atoms with Gasteiger partial charge in [0.2, 0.25) is 5.88 Å². The van der Waals surface area contributed by atoms with E-state index in [1.165, 1.54) is 26.6 Å². The van der Waals surface area contributed by atoms with Gasteiger partial charge in [-0.1, -0.05) is 17.7 Å². The lowest BCUT2D eigenvalue weighted by atomic mass is 10.2. The van der Waals surface area contributed by atoms with Gasteiger partial charge in [0, 0.05) is 32.7 Å². The summed E-state index contributed by atoms with van der Waals surface area (Å²) in [5.41, 5.74) is 0.0899. The maximum absolute atomic E-state index is 13.5. The number of hydrogen-bond donors (Lipinski definition) is 0. The molecule has 4 rings (SSSR count). The lowest BCUT2D eigenvalue weighted by Gasteiger charge is -2.23. The normalized spacial score (nSPS) is 16.6. The average molecular weight is 523 g/mol. The van der Waals surface area contributed by atoms with Crippen molar-refractivity contribution in [3.05, 3.63) is 47.3 Å². The Morgan fingerprint density at radius 3 is 2.46 bits per heavy atom. The minimum atomic E-state index is -3.78. The third-order valence-corrected chi connectivity index (χ3v) is 8.31. The third-order valence-electron chi connectivity index (χ3n) is 6.08. The summed E-state index contributed by atoms with van der Waals surface area (Å²) in [6.45, 7) is 1.96. The summed E-state index contributed by atoms with van der Waals surface area (Å²) in [4.78, 5) is 12.8. The molecule has 0 N–H and O–H groups in total. The fourth-order valence-electron chi connectivity index (χ4n) is 4.05. The Balaban J connectivity index is 1.71. The van der Waals surface area contributed by atoms with E-state index in [4.69, 9.17) is 25.8 Å². The molecule has 0 spiro atoms. The summed E-state index contributed by atoms with van der Waals surface area (Å²) in [6, 6.07) is 5.30. The molecule has 1 saturated carbocycles. The van der Waals surface area contributed by atoms with Crippen molar-refractivity contribution in [2.24, 2.45) is 0 Å².